The zero-order valence-electron chi connectivity index (χ0n) is 6.59. The molecule has 0 aliphatic heterocycles. The first-order valence-electron chi connectivity index (χ1n) is 3.01. The third kappa shape index (κ3) is 3.23. The van der Waals surface area contributed by atoms with Crippen molar-refractivity contribution in [1.29, 1.82) is 0 Å². The van der Waals surface area contributed by atoms with Crippen LogP contribution in [-0.4, -0.2) is 12.5 Å². The molecule has 0 bridgehead atoms. The number of hydrogen-bond acceptors (Lipinski definition) is 5. The summed E-state index contributed by atoms with van der Waals surface area (Å²) in [5, 5.41) is -1.98. The van der Waals surface area contributed by atoms with Crippen molar-refractivity contribution in [3.05, 3.63) is 0 Å². The monoisotopic (exact) mass is 298 g/mol. The van der Waals surface area contributed by atoms with E-state index in [1.54, 1.807) is 7.11 Å². The van der Waals surface area contributed by atoms with Gasteiger partial charge in [0.1, 0.15) is 5.44 Å². The van der Waals surface area contributed by atoms with Crippen LogP contribution in [0.15, 0.2) is 0 Å². The molecule has 0 rings (SSSR count). The maximum atomic E-state index is 5.23. The SMILES string of the molecule is CCC(OC)S(=S)(=S)S(=S)(=S)S. The number of methoxy groups -OCH3 is 1. The van der Waals surface area contributed by atoms with E-state index in [9.17, 15) is 0 Å². The van der Waals surface area contributed by atoms with Crippen LogP contribution < -0.4 is 0 Å². The summed E-state index contributed by atoms with van der Waals surface area (Å²) in [5.74, 6) is 0. The molecule has 0 aliphatic rings. The second-order valence-corrected chi connectivity index (χ2v) is 21.3. The molecule has 0 saturated carbocycles. The molecular weight excluding hydrogens is 289 g/mol. The Hall–Kier alpha value is 1.89. The van der Waals surface area contributed by atoms with Gasteiger partial charge in [-0.1, -0.05) is 18.6 Å². The van der Waals surface area contributed by atoms with Crippen LogP contribution >= 0.6 is 11.7 Å². The van der Waals surface area contributed by atoms with Crippen molar-refractivity contribution >= 4 is 67.8 Å². The lowest BCUT2D eigenvalue weighted by atomic mass is 10.5. The van der Waals surface area contributed by atoms with E-state index in [0.717, 1.165) is 6.42 Å². The molecule has 0 saturated heterocycles. The highest BCUT2D eigenvalue weighted by Gasteiger charge is 2.20. The van der Waals surface area contributed by atoms with Crippen molar-refractivity contribution in [2.45, 2.75) is 18.8 Å². The first kappa shape index (κ1) is 13.9. The van der Waals surface area contributed by atoms with Crippen LogP contribution in [0.4, 0.5) is 0 Å². The Morgan fingerprint density at radius 1 is 1.33 bits per heavy atom. The second kappa shape index (κ2) is 5.11. The molecule has 0 N–H and O–H groups in total. The van der Waals surface area contributed by atoms with Gasteiger partial charge in [-0.25, -0.2) is 0 Å². The summed E-state index contributed by atoms with van der Waals surface area (Å²) in [7, 11) is 1.58. The maximum Gasteiger partial charge on any atom is 0.120 e. The van der Waals surface area contributed by atoms with E-state index in [0.29, 0.717) is 0 Å². The molecule has 0 aliphatic carbocycles. The summed E-state index contributed by atoms with van der Waals surface area (Å²) in [5.41, 5.74) is -0.176. The lowest BCUT2D eigenvalue weighted by Gasteiger charge is -2.20. The van der Waals surface area contributed by atoms with Gasteiger partial charge in [0.2, 0.25) is 0 Å². The van der Waals surface area contributed by atoms with Gasteiger partial charge in [0.25, 0.3) is 0 Å². The first-order valence-corrected chi connectivity index (χ1v) is 11.6. The zero-order chi connectivity index (χ0) is 9.99. The molecule has 8 heteroatoms. The Labute approximate surface area is 97.5 Å². The van der Waals surface area contributed by atoms with E-state index < -0.39 is 11.4 Å². The zero-order valence-corrected chi connectivity index (χ0v) is 12.4. The van der Waals surface area contributed by atoms with Crippen molar-refractivity contribution in [3.63, 3.8) is 0 Å². The van der Waals surface area contributed by atoms with Crippen molar-refractivity contribution in [2.75, 3.05) is 7.11 Å². The highest BCUT2D eigenvalue weighted by atomic mass is 33.9. The number of rotatable bonds is 4. The minimum Gasteiger partial charge on any atom is -0.369 e. The van der Waals surface area contributed by atoms with E-state index in [2.05, 4.69) is 11.7 Å². The molecule has 1 nitrogen and oxygen atoms in total. The average molecular weight is 299 g/mol. The summed E-state index contributed by atoms with van der Waals surface area (Å²) < 4.78 is 5.16. The molecule has 1 atom stereocenters. The quantitative estimate of drug-likeness (QED) is 0.617. The highest BCUT2D eigenvalue weighted by molar-refractivity contribution is 9.29. The van der Waals surface area contributed by atoms with E-state index in [-0.39, 0.29) is 5.44 Å². The third-order valence-electron chi connectivity index (χ3n) is 1.21. The Balaban J connectivity index is 5.14. The molecule has 0 amide bonds. The van der Waals surface area contributed by atoms with Gasteiger partial charge >= 0.3 is 0 Å². The lowest BCUT2D eigenvalue weighted by molar-refractivity contribution is 0.170. The summed E-state index contributed by atoms with van der Waals surface area (Å²) in [4.78, 5) is 0. The van der Waals surface area contributed by atoms with Gasteiger partial charge in [-0.15, -0.1) is 0 Å². The Morgan fingerprint density at radius 3 is 1.83 bits per heavy atom. The topological polar surface area (TPSA) is 9.23 Å². The van der Waals surface area contributed by atoms with Gasteiger partial charge in [0.05, 0.1) is 0 Å². The van der Waals surface area contributed by atoms with Crippen molar-refractivity contribution in [1.82, 2.24) is 0 Å². The van der Waals surface area contributed by atoms with Gasteiger partial charge in [-0.2, -0.15) is 0 Å². The van der Waals surface area contributed by atoms with E-state index >= 15 is 0 Å². The summed E-state index contributed by atoms with van der Waals surface area (Å²) in [6, 6.07) is 0. The van der Waals surface area contributed by atoms with Gasteiger partial charge in [-0.3, -0.25) is 0 Å². The fourth-order valence-corrected chi connectivity index (χ4v) is 6.73. The molecular formula is C4H10OS7. The average Bonchev–Trinajstić information content (AvgIpc) is 1.87. The first-order chi connectivity index (χ1) is 5.27. The number of hydrogen-bond donors (Lipinski definition) is 1. The second-order valence-electron chi connectivity index (χ2n) is 1.99. The minimum atomic E-state index is -1.98. The molecule has 0 aromatic rings. The molecule has 0 spiro atoms. The molecule has 0 aromatic heterocycles. The normalized spacial score (nSPS) is 15.9. The Bertz CT molecular complexity index is 318. The molecule has 12 heavy (non-hydrogen) atoms. The predicted molar refractivity (Wildman–Crippen MR) is 74.3 cm³/mol. The Morgan fingerprint density at radius 2 is 1.75 bits per heavy atom. The van der Waals surface area contributed by atoms with E-state index in [1.807, 2.05) is 6.92 Å². The predicted octanol–water partition coefficient (Wildman–Crippen LogP) is 1.28. The van der Waals surface area contributed by atoms with Crippen LogP contribution in [0.1, 0.15) is 13.3 Å². The van der Waals surface area contributed by atoms with Gasteiger partial charge in [0, 0.05) is 18.5 Å². The standard InChI is InChI=1S/C4H10OS7/c1-3-4(5-2)11(6,7)12(8,9)10/h4H,3H2,1-2H3,(H,8,9,10). The van der Waals surface area contributed by atoms with Crippen molar-refractivity contribution < 1.29 is 4.74 Å². The van der Waals surface area contributed by atoms with E-state index in [4.69, 9.17) is 49.5 Å². The van der Waals surface area contributed by atoms with Crippen molar-refractivity contribution in [3.8, 4) is 0 Å². The molecule has 0 radical (unpaired) electrons. The molecule has 0 heterocycles. The van der Waals surface area contributed by atoms with Crippen LogP contribution in [0.2, 0.25) is 0 Å². The molecule has 0 aromatic carbocycles. The van der Waals surface area contributed by atoms with Crippen LogP contribution in [0, 0.1) is 0 Å². The molecule has 74 valence electrons. The summed E-state index contributed by atoms with van der Waals surface area (Å²) in [6.45, 7) is 1.96. The highest BCUT2D eigenvalue weighted by Crippen LogP contribution is 2.20. The van der Waals surface area contributed by atoms with Crippen LogP contribution in [0.3, 0.4) is 0 Å². The fourth-order valence-electron chi connectivity index (χ4n) is 0.624. The van der Waals surface area contributed by atoms with Gasteiger partial charge < -0.3 is 4.74 Å². The Kier molecular flexibility index (Phi) is 5.91. The minimum absolute atomic E-state index is 0.176. The van der Waals surface area contributed by atoms with Gasteiger partial charge in [0.15, 0.2) is 0 Å². The van der Waals surface area contributed by atoms with Crippen molar-refractivity contribution in [2.24, 2.45) is 0 Å². The van der Waals surface area contributed by atoms with Crippen LogP contribution in [0.5, 0.6) is 0 Å². The number of thiol groups is 1. The molecule has 0 fully saturated rings. The smallest absolute Gasteiger partial charge is 0.120 e. The third-order valence-corrected chi connectivity index (χ3v) is 21.2. The molecule has 1 unspecified atom stereocenters. The summed E-state index contributed by atoms with van der Waals surface area (Å²) >= 11 is 24.7. The lowest BCUT2D eigenvalue weighted by Crippen LogP contribution is -2.23. The van der Waals surface area contributed by atoms with Gasteiger partial charge in [-0.05, 0) is 51.2 Å². The van der Waals surface area contributed by atoms with Crippen LogP contribution in [0.25, 0.3) is 0 Å². The van der Waals surface area contributed by atoms with Crippen LogP contribution in [-0.2, 0) is 60.9 Å². The number of ether oxygens (including phenoxy) is 1. The fraction of sp³-hybridized carbons (Fsp3) is 1.00. The largest absolute Gasteiger partial charge is 0.369 e. The van der Waals surface area contributed by atoms with E-state index in [1.165, 1.54) is 0 Å². The maximum absolute atomic E-state index is 5.23. The summed E-state index contributed by atoms with van der Waals surface area (Å²) in [6.07, 6.45) is -1.17.